The molecule has 1 aliphatic heterocycles. The van der Waals surface area contributed by atoms with Gasteiger partial charge in [0.05, 0.1) is 28.4 Å². The van der Waals surface area contributed by atoms with Crippen LogP contribution >= 0.6 is 23.2 Å². The first-order chi connectivity index (χ1) is 20.6. The SMILES string of the molecule is CC(C)CC(NC(=O)c1ccc(N2C[C@@H]3C[C@H]2C[C@H]3OCc2c(-c3c(Cl)cccc3Cl)noc2C2CC2)c(F)c1)[SH](=O)=O. The number of nitrogens with zero attached hydrogens (tertiary/aromatic N) is 2. The van der Waals surface area contributed by atoms with Crippen molar-refractivity contribution >= 4 is 45.5 Å². The van der Waals surface area contributed by atoms with Crippen molar-refractivity contribution in [2.24, 2.45) is 11.8 Å². The third-order valence-electron chi connectivity index (χ3n) is 8.65. The topological polar surface area (TPSA) is 102 Å². The van der Waals surface area contributed by atoms with Crippen molar-refractivity contribution in [2.45, 2.75) is 76.0 Å². The number of thiol groups is 1. The van der Waals surface area contributed by atoms with Crippen LogP contribution in [0, 0.1) is 17.7 Å². The van der Waals surface area contributed by atoms with Gasteiger partial charge in [0.15, 0.2) is 10.7 Å². The number of hydrogen-bond donors (Lipinski definition) is 2. The highest BCUT2D eigenvalue weighted by Gasteiger charge is 2.46. The molecular formula is C31H34Cl2FN3O5S. The minimum absolute atomic E-state index is 0.00199. The molecule has 2 aromatic carbocycles. The molecule has 0 spiro atoms. The molecule has 2 heterocycles. The van der Waals surface area contributed by atoms with E-state index in [-0.39, 0.29) is 29.5 Å². The van der Waals surface area contributed by atoms with Gasteiger partial charge in [-0.25, -0.2) is 12.8 Å². The minimum Gasteiger partial charge on any atom is -0.373 e. The number of anilines is 1. The first kappa shape index (κ1) is 30.4. The fraction of sp³-hybridized carbons (Fsp3) is 0.484. The number of hydrogen-bond acceptors (Lipinski definition) is 7. The lowest BCUT2D eigenvalue weighted by Gasteiger charge is -2.33. The molecule has 8 nitrogen and oxygen atoms in total. The van der Waals surface area contributed by atoms with E-state index in [0.29, 0.717) is 52.5 Å². The summed E-state index contributed by atoms with van der Waals surface area (Å²) in [6.07, 6.45) is 4.00. The molecule has 12 heteroatoms. The summed E-state index contributed by atoms with van der Waals surface area (Å²) in [6.45, 7) is 4.71. The number of halogens is 3. The molecule has 1 saturated heterocycles. The number of aromatic nitrogens is 1. The zero-order valence-electron chi connectivity index (χ0n) is 23.9. The summed E-state index contributed by atoms with van der Waals surface area (Å²) in [5.41, 5.74) is 2.67. The van der Waals surface area contributed by atoms with E-state index in [4.69, 9.17) is 32.5 Å². The lowest BCUT2D eigenvalue weighted by Crippen LogP contribution is -2.39. The second-order valence-corrected chi connectivity index (χ2v) is 14.2. The van der Waals surface area contributed by atoms with Gasteiger partial charge < -0.3 is 19.5 Å². The number of benzene rings is 2. The number of piperidine rings is 1. The first-order valence-corrected chi connectivity index (χ1v) is 16.7. The van der Waals surface area contributed by atoms with Gasteiger partial charge in [0.25, 0.3) is 5.91 Å². The number of carbonyl (C=O) groups excluding carboxylic acids is 1. The van der Waals surface area contributed by atoms with E-state index in [0.717, 1.165) is 37.0 Å². The monoisotopic (exact) mass is 649 g/mol. The highest BCUT2D eigenvalue weighted by atomic mass is 35.5. The molecular weight excluding hydrogens is 616 g/mol. The number of nitrogens with one attached hydrogen (secondary N) is 1. The van der Waals surface area contributed by atoms with E-state index in [2.05, 4.69) is 10.5 Å². The van der Waals surface area contributed by atoms with Crippen molar-refractivity contribution < 1.29 is 26.9 Å². The molecule has 43 heavy (non-hydrogen) atoms. The number of amides is 1. The fourth-order valence-electron chi connectivity index (χ4n) is 6.40. The molecule has 3 aliphatic rings. The predicted octanol–water partition coefficient (Wildman–Crippen LogP) is 6.56. The maximum atomic E-state index is 15.3. The van der Waals surface area contributed by atoms with Crippen molar-refractivity contribution in [3.05, 3.63) is 69.1 Å². The van der Waals surface area contributed by atoms with Gasteiger partial charge in [-0.1, -0.05) is 48.3 Å². The molecule has 3 aromatic rings. The zero-order chi connectivity index (χ0) is 30.4. The van der Waals surface area contributed by atoms with Gasteiger partial charge in [-0.05, 0) is 68.4 Å². The molecule has 1 amide bonds. The molecule has 1 unspecified atom stereocenters. The Balaban J connectivity index is 1.12. The van der Waals surface area contributed by atoms with Gasteiger partial charge in [0.2, 0.25) is 0 Å². The maximum absolute atomic E-state index is 15.3. The Kier molecular flexibility index (Phi) is 8.75. The summed E-state index contributed by atoms with van der Waals surface area (Å²) >= 11 is 13.0. The molecule has 230 valence electrons. The van der Waals surface area contributed by atoms with Gasteiger partial charge in [-0.3, -0.25) is 4.79 Å². The van der Waals surface area contributed by atoms with Gasteiger partial charge in [-0.2, -0.15) is 0 Å². The Hall–Kier alpha value is -2.66. The van der Waals surface area contributed by atoms with Crippen LogP contribution in [0.3, 0.4) is 0 Å². The number of carbonyl (C=O) groups is 1. The van der Waals surface area contributed by atoms with Gasteiger partial charge in [0, 0.05) is 41.1 Å². The third kappa shape index (κ3) is 6.30. The van der Waals surface area contributed by atoms with E-state index in [1.807, 2.05) is 18.7 Å². The molecule has 4 atom stereocenters. The summed E-state index contributed by atoms with van der Waals surface area (Å²) in [6, 6.07) is 9.79. The molecule has 2 aliphatic carbocycles. The highest BCUT2D eigenvalue weighted by Crippen LogP contribution is 2.47. The largest absolute Gasteiger partial charge is 0.373 e. The van der Waals surface area contributed by atoms with Crippen molar-refractivity contribution in [3.63, 3.8) is 0 Å². The Bertz CT molecular complexity index is 1580. The van der Waals surface area contributed by atoms with Crippen LogP contribution in [0.4, 0.5) is 10.1 Å². The summed E-state index contributed by atoms with van der Waals surface area (Å²) in [5.74, 6) is 0.338. The lowest BCUT2D eigenvalue weighted by atomic mass is 10.0. The Morgan fingerprint density at radius 1 is 1.19 bits per heavy atom. The van der Waals surface area contributed by atoms with E-state index in [1.165, 1.54) is 6.07 Å². The van der Waals surface area contributed by atoms with Crippen LogP contribution in [-0.4, -0.2) is 43.5 Å². The third-order valence-corrected chi connectivity index (χ3v) is 10.1. The fourth-order valence-corrected chi connectivity index (χ4v) is 7.80. The van der Waals surface area contributed by atoms with Crippen molar-refractivity contribution in [1.82, 2.24) is 10.5 Å². The van der Waals surface area contributed by atoms with E-state index in [1.54, 1.807) is 30.3 Å². The first-order valence-electron chi connectivity index (χ1n) is 14.7. The smallest absolute Gasteiger partial charge is 0.252 e. The normalized spacial score (nSPS) is 22.1. The maximum Gasteiger partial charge on any atom is 0.252 e. The van der Waals surface area contributed by atoms with E-state index >= 15 is 4.39 Å². The Morgan fingerprint density at radius 3 is 2.53 bits per heavy atom. The average Bonchev–Trinajstić information content (AvgIpc) is 3.41. The lowest BCUT2D eigenvalue weighted by molar-refractivity contribution is 0.0122. The molecule has 6 rings (SSSR count). The van der Waals surface area contributed by atoms with Crippen LogP contribution in [0.15, 0.2) is 40.9 Å². The molecule has 1 aromatic heterocycles. The van der Waals surface area contributed by atoms with Gasteiger partial charge in [-0.15, -0.1) is 0 Å². The summed E-state index contributed by atoms with van der Waals surface area (Å²) in [7, 11) is -2.85. The predicted molar refractivity (Wildman–Crippen MR) is 164 cm³/mol. The number of rotatable bonds is 11. The van der Waals surface area contributed by atoms with E-state index < -0.39 is 27.8 Å². The van der Waals surface area contributed by atoms with Crippen LogP contribution in [0.25, 0.3) is 11.3 Å². The van der Waals surface area contributed by atoms with Crippen molar-refractivity contribution in [1.29, 1.82) is 0 Å². The van der Waals surface area contributed by atoms with Crippen LogP contribution < -0.4 is 10.2 Å². The molecule has 2 saturated carbocycles. The molecule has 0 radical (unpaired) electrons. The highest BCUT2D eigenvalue weighted by molar-refractivity contribution is 7.73. The van der Waals surface area contributed by atoms with Gasteiger partial charge >= 0.3 is 0 Å². The second-order valence-electron chi connectivity index (χ2n) is 12.2. The van der Waals surface area contributed by atoms with Crippen LogP contribution in [0.2, 0.25) is 10.0 Å². The van der Waals surface area contributed by atoms with Gasteiger partial charge in [0.1, 0.15) is 22.6 Å². The van der Waals surface area contributed by atoms with E-state index in [9.17, 15) is 13.2 Å². The number of fused-ring (bicyclic) bond motifs is 2. The summed E-state index contributed by atoms with van der Waals surface area (Å²) in [5, 5.41) is 6.87. The van der Waals surface area contributed by atoms with Crippen LogP contribution in [-0.2, 0) is 22.0 Å². The molecule has 1 N–H and O–H groups in total. The summed E-state index contributed by atoms with van der Waals surface area (Å²) in [4.78, 5) is 14.7. The molecule has 3 fully saturated rings. The number of ether oxygens (including phenoxy) is 1. The average molecular weight is 651 g/mol. The minimum atomic E-state index is -2.85. The molecule has 2 bridgehead atoms. The zero-order valence-corrected chi connectivity index (χ0v) is 26.3. The quantitative estimate of drug-likeness (QED) is 0.227. The van der Waals surface area contributed by atoms with Crippen LogP contribution in [0.1, 0.15) is 73.6 Å². The van der Waals surface area contributed by atoms with Crippen molar-refractivity contribution in [3.8, 4) is 11.3 Å². The summed E-state index contributed by atoms with van der Waals surface area (Å²) < 4.78 is 50.7. The standard InChI is InChI=1S/C31H34Cl2FN3O5S/c1-16(2)10-27(43(39)40)35-31(38)18-8-9-25(24(34)12-18)37-14-19-11-20(37)13-26(19)41-15-21-29(36-42-30(21)17-6-7-17)28-22(32)4-3-5-23(28)33/h3-5,8-9,12,16-17,19-20,26-27,43H,6-7,10-11,13-15H2,1-2H3,(H,35,38)/t19-,20-,26+,27?/m0/s1. The Labute approximate surface area is 261 Å². The second kappa shape index (κ2) is 12.4. The van der Waals surface area contributed by atoms with Crippen molar-refractivity contribution in [2.75, 3.05) is 11.4 Å². The Morgan fingerprint density at radius 2 is 1.93 bits per heavy atom. The van der Waals surface area contributed by atoms with Crippen LogP contribution in [0.5, 0.6) is 0 Å².